The van der Waals surface area contributed by atoms with Gasteiger partial charge in [-0.1, -0.05) is 53.5 Å². The summed E-state index contributed by atoms with van der Waals surface area (Å²) >= 11 is 11.6. The second-order valence-corrected chi connectivity index (χ2v) is 5.01. The Morgan fingerprint density at radius 1 is 1.20 bits per heavy atom. The van der Waals surface area contributed by atoms with Gasteiger partial charge in [0.2, 0.25) is 0 Å². The highest BCUT2D eigenvalue weighted by atomic mass is 35.5. The van der Waals surface area contributed by atoms with Crippen LogP contribution in [0.5, 0.6) is 0 Å². The third kappa shape index (κ3) is 4.22. The van der Waals surface area contributed by atoms with Crippen LogP contribution in [0.4, 0.5) is 0 Å². The number of aromatic nitrogens is 1. The number of benzene rings is 1. The summed E-state index contributed by atoms with van der Waals surface area (Å²) in [6.45, 7) is 0.337. The number of pyridine rings is 1. The number of aryl methyl sites for hydroxylation is 1. The standard InChI is InChI=1S/C15H13Cl2NO2/c16-13-10-18-14(17)9-12(13)15(19)20-8-4-7-11-5-2-1-3-6-11/h1-3,5-6,9-10H,4,7-8H2. The van der Waals surface area contributed by atoms with Gasteiger partial charge in [-0.2, -0.15) is 0 Å². The number of esters is 1. The van der Waals surface area contributed by atoms with E-state index >= 15 is 0 Å². The Bertz CT molecular complexity index is 588. The summed E-state index contributed by atoms with van der Waals surface area (Å²) in [7, 11) is 0. The van der Waals surface area contributed by atoms with Crippen molar-refractivity contribution in [1.82, 2.24) is 4.98 Å². The molecular formula is C15H13Cl2NO2. The summed E-state index contributed by atoms with van der Waals surface area (Å²) in [5.74, 6) is -0.479. The number of hydrogen-bond acceptors (Lipinski definition) is 3. The van der Waals surface area contributed by atoms with E-state index in [1.165, 1.54) is 17.8 Å². The zero-order valence-electron chi connectivity index (χ0n) is 10.7. The molecule has 0 saturated carbocycles. The van der Waals surface area contributed by atoms with Crippen molar-refractivity contribution in [3.63, 3.8) is 0 Å². The van der Waals surface area contributed by atoms with Gasteiger partial charge in [0.05, 0.1) is 17.2 Å². The van der Waals surface area contributed by atoms with Gasteiger partial charge in [-0.15, -0.1) is 0 Å². The Hall–Kier alpha value is -1.58. The van der Waals surface area contributed by atoms with Crippen LogP contribution in [0.25, 0.3) is 0 Å². The van der Waals surface area contributed by atoms with E-state index in [-0.39, 0.29) is 15.7 Å². The molecule has 0 aliphatic heterocycles. The van der Waals surface area contributed by atoms with E-state index in [2.05, 4.69) is 4.98 Å². The van der Waals surface area contributed by atoms with E-state index < -0.39 is 5.97 Å². The molecule has 5 heteroatoms. The molecule has 0 atom stereocenters. The van der Waals surface area contributed by atoms with Crippen LogP contribution >= 0.6 is 23.2 Å². The number of rotatable bonds is 5. The first-order valence-corrected chi connectivity index (χ1v) is 6.94. The third-order valence-corrected chi connectivity index (χ3v) is 3.24. The minimum absolute atomic E-state index is 0.214. The number of halogens is 2. The highest BCUT2D eigenvalue weighted by molar-refractivity contribution is 6.34. The molecule has 3 nitrogen and oxygen atoms in total. The van der Waals surface area contributed by atoms with Gasteiger partial charge in [0.15, 0.2) is 0 Å². The molecular weight excluding hydrogens is 297 g/mol. The summed E-state index contributed by atoms with van der Waals surface area (Å²) < 4.78 is 5.18. The maximum Gasteiger partial charge on any atom is 0.339 e. The minimum Gasteiger partial charge on any atom is -0.462 e. The zero-order chi connectivity index (χ0) is 14.4. The van der Waals surface area contributed by atoms with Gasteiger partial charge in [-0.05, 0) is 24.5 Å². The second-order valence-electron chi connectivity index (χ2n) is 4.21. The highest BCUT2D eigenvalue weighted by Gasteiger charge is 2.12. The van der Waals surface area contributed by atoms with Crippen LogP contribution in [0, 0.1) is 0 Å². The van der Waals surface area contributed by atoms with Crippen molar-refractivity contribution in [2.45, 2.75) is 12.8 Å². The Labute approximate surface area is 127 Å². The van der Waals surface area contributed by atoms with Crippen LogP contribution in [0.2, 0.25) is 10.2 Å². The predicted octanol–water partition coefficient (Wildman–Crippen LogP) is 4.18. The first-order valence-electron chi connectivity index (χ1n) is 6.19. The number of ether oxygens (including phenoxy) is 1. The molecule has 0 aliphatic carbocycles. The second kappa shape index (κ2) is 7.27. The van der Waals surface area contributed by atoms with E-state index in [0.29, 0.717) is 6.61 Å². The fourth-order valence-electron chi connectivity index (χ4n) is 1.73. The molecule has 2 aromatic rings. The molecule has 0 unspecified atom stereocenters. The Balaban J connectivity index is 1.82. The normalized spacial score (nSPS) is 10.3. The van der Waals surface area contributed by atoms with Gasteiger partial charge in [0, 0.05) is 6.20 Å². The molecule has 0 amide bonds. The Kier molecular flexibility index (Phi) is 5.39. The van der Waals surface area contributed by atoms with Gasteiger partial charge in [-0.25, -0.2) is 9.78 Å². The van der Waals surface area contributed by atoms with Crippen molar-refractivity contribution >= 4 is 29.2 Å². The van der Waals surface area contributed by atoms with E-state index in [1.807, 2.05) is 30.3 Å². The molecule has 0 N–H and O–H groups in total. The highest BCUT2D eigenvalue weighted by Crippen LogP contribution is 2.19. The minimum atomic E-state index is -0.479. The molecule has 2 rings (SSSR count). The molecule has 104 valence electrons. The molecule has 1 heterocycles. The topological polar surface area (TPSA) is 39.2 Å². The maximum atomic E-state index is 11.8. The molecule has 1 aromatic carbocycles. The van der Waals surface area contributed by atoms with Crippen molar-refractivity contribution in [3.8, 4) is 0 Å². The van der Waals surface area contributed by atoms with Crippen molar-refractivity contribution in [2.24, 2.45) is 0 Å². The molecule has 0 fully saturated rings. The number of nitrogens with zero attached hydrogens (tertiary/aromatic N) is 1. The lowest BCUT2D eigenvalue weighted by molar-refractivity contribution is 0.0500. The fourth-order valence-corrected chi connectivity index (χ4v) is 2.07. The van der Waals surface area contributed by atoms with Gasteiger partial charge < -0.3 is 4.74 Å². The maximum absolute atomic E-state index is 11.8. The van der Waals surface area contributed by atoms with Crippen LogP contribution in [-0.2, 0) is 11.2 Å². The average molecular weight is 310 g/mol. The van der Waals surface area contributed by atoms with Crippen molar-refractivity contribution in [3.05, 3.63) is 63.9 Å². The van der Waals surface area contributed by atoms with Gasteiger partial charge in [0.25, 0.3) is 0 Å². The average Bonchev–Trinajstić information content (AvgIpc) is 2.47. The molecule has 0 aliphatic rings. The van der Waals surface area contributed by atoms with Crippen LogP contribution in [0.3, 0.4) is 0 Å². The molecule has 0 spiro atoms. The van der Waals surface area contributed by atoms with E-state index in [0.717, 1.165) is 12.8 Å². The van der Waals surface area contributed by atoms with Gasteiger partial charge >= 0.3 is 5.97 Å². The predicted molar refractivity (Wildman–Crippen MR) is 79.3 cm³/mol. The lowest BCUT2D eigenvalue weighted by atomic mass is 10.1. The first kappa shape index (κ1) is 14.8. The number of carbonyl (C=O) groups is 1. The van der Waals surface area contributed by atoms with Crippen molar-refractivity contribution in [1.29, 1.82) is 0 Å². The quantitative estimate of drug-likeness (QED) is 0.472. The van der Waals surface area contributed by atoms with Crippen LogP contribution in [-0.4, -0.2) is 17.6 Å². The molecule has 0 radical (unpaired) electrons. The van der Waals surface area contributed by atoms with E-state index in [4.69, 9.17) is 27.9 Å². The van der Waals surface area contributed by atoms with E-state index in [9.17, 15) is 4.79 Å². The van der Waals surface area contributed by atoms with E-state index in [1.54, 1.807) is 0 Å². The fraction of sp³-hybridized carbons (Fsp3) is 0.200. The summed E-state index contributed by atoms with van der Waals surface area (Å²) in [6.07, 6.45) is 2.95. The zero-order valence-corrected chi connectivity index (χ0v) is 12.2. The lowest BCUT2D eigenvalue weighted by Crippen LogP contribution is -2.08. The SMILES string of the molecule is O=C(OCCCc1ccccc1)c1cc(Cl)ncc1Cl. The lowest BCUT2D eigenvalue weighted by Gasteiger charge is -2.06. The Morgan fingerprint density at radius 2 is 1.95 bits per heavy atom. The van der Waals surface area contributed by atoms with Crippen LogP contribution in [0.1, 0.15) is 22.3 Å². The summed E-state index contributed by atoms with van der Waals surface area (Å²) in [5.41, 5.74) is 1.46. The monoisotopic (exact) mass is 309 g/mol. The van der Waals surface area contributed by atoms with Crippen LogP contribution < -0.4 is 0 Å². The van der Waals surface area contributed by atoms with Gasteiger partial charge in [0.1, 0.15) is 5.15 Å². The summed E-state index contributed by atoms with van der Waals surface area (Å²) in [6, 6.07) is 11.4. The van der Waals surface area contributed by atoms with Crippen molar-refractivity contribution < 1.29 is 9.53 Å². The summed E-state index contributed by atoms with van der Waals surface area (Å²) in [5, 5.41) is 0.452. The molecule has 1 aromatic heterocycles. The largest absolute Gasteiger partial charge is 0.462 e. The van der Waals surface area contributed by atoms with Gasteiger partial charge in [-0.3, -0.25) is 0 Å². The molecule has 0 saturated heterocycles. The van der Waals surface area contributed by atoms with Crippen molar-refractivity contribution in [2.75, 3.05) is 6.61 Å². The Morgan fingerprint density at radius 3 is 2.70 bits per heavy atom. The summed E-state index contributed by atoms with van der Waals surface area (Å²) in [4.78, 5) is 15.6. The van der Waals surface area contributed by atoms with Crippen LogP contribution in [0.15, 0.2) is 42.6 Å². The first-order chi connectivity index (χ1) is 9.66. The molecule has 20 heavy (non-hydrogen) atoms. The number of carbonyl (C=O) groups excluding carboxylic acids is 1. The smallest absolute Gasteiger partial charge is 0.339 e. The third-order valence-electron chi connectivity index (χ3n) is 2.73. The molecule has 0 bridgehead atoms. The number of hydrogen-bond donors (Lipinski definition) is 0.